The van der Waals surface area contributed by atoms with E-state index in [1.165, 1.54) is 11.1 Å². The zero-order valence-corrected chi connectivity index (χ0v) is 13.6. The predicted molar refractivity (Wildman–Crippen MR) is 86.3 cm³/mol. The van der Waals surface area contributed by atoms with Crippen molar-refractivity contribution in [2.45, 2.75) is 50.1 Å². The fourth-order valence-electron chi connectivity index (χ4n) is 3.58. The van der Waals surface area contributed by atoms with Crippen LogP contribution in [0.5, 0.6) is 5.75 Å². The highest BCUT2D eigenvalue weighted by Gasteiger charge is 2.36. The van der Waals surface area contributed by atoms with Gasteiger partial charge in [-0.25, -0.2) is 0 Å². The molecule has 4 atom stereocenters. The van der Waals surface area contributed by atoms with Gasteiger partial charge in [0.05, 0.1) is 56.5 Å². The van der Waals surface area contributed by atoms with Gasteiger partial charge >= 0.3 is 0 Å². The minimum Gasteiger partial charge on any atom is -0.505 e. The third kappa shape index (κ3) is 3.11. The molecule has 24 heavy (non-hydrogen) atoms. The van der Waals surface area contributed by atoms with Gasteiger partial charge in [0.2, 0.25) is 0 Å². The van der Waals surface area contributed by atoms with Gasteiger partial charge in [-0.2, -0.15) is 0 Å². The Bertz CT molecular complexity index is 603. The average molecular weight is 333 g/mol. The van der Waals surface area contributed by atoms with Crippen LogP contribution in [0.1, 0.15) is 22.3 Å². The summed E-state index contributed by atoms with van der Waals surface area (Å²) < 4.78 is 21.7. The Morgan fingerprint density at radius 2 is 1.00 bits per heavy atom. The minimum absolute atomic E-state index is 0.205. The van der Waals surface area contributed by atoms with Crippen LogP contribution in [0.2, 0.25) is 0 Å². The van der Waals surface area contributed by atoms with Gasteiger partial charge in [-0.15, -0.1) is 0 Å². The number of nitrogen functional groups attached to an aromatic ring is 1. The molecule has 0 spiro atoms. The highest BCUT2D eigenvalue weighted by Crippen LogP contribution is 2.42. The van der Waals surface area contributed by atoms with Crippen molar-refractivity contribution in [1.29, 1.82) is 0 Å². The second-order valence-electron chi connectivity index (χ2n) is 7.31. The lowest BCUT2D eigenvalue weighted by atomic mass is 9.85. The molecule has 6 nitrogen and oxygen atoms in total. The van der Waals surface area contributed by atoms with Crippen molar-refractivity contribution in [1.82, 2.24) is 0 Å². The number of aromatic hydroxyl groups is 1. The van der Waals surface area contributed by atoms with E-state index in [4.69, 9.17) is 24.7 Å². The van der Waals surface area contributed by atoms with E-state index in [9.17, 15) is 5.11 Å². The van der Waals surface area contributed by atoms with Gasteiger partial charge in [0.25, 0.3) is 0 Å². The van der Waals surface area contributed by atoms with Crippen molar-refractivity contribution in [2.75, 3.05) is 32.2 Å². The summed E-state index contributed by atoms with van der Waals surface area (Å²) in [6, 6.07) is 0. The van der Waals surface area contributed by atoms with E-state index in [0.29, 0.717) is 5.69 Å². The number of hydrogen-bond donors (Lipinski definition) is 2. The predicted octanol–water partition coefficient (Wildman–Crippen LogP) is 0.740. The van der Waals surface area contributed by atoms with Crippen LogP contribution in [0.15, 0.2) is 0 Å². The van der Waals surface area contributed by atoms with Gasteiger partial charge in [0.15, 0.2) is 0 Å². The van der Waals surface area contributed by atoms with Gasteiger partial charge in [-0.1, -0.05) is 0 Å². The maximum Gasteiger partial charge on any atom is 0.142 e. The molecule has 6 heteroatoms. The molecule has 3 N–H and O–H groups in total. The first-order valence-electron chi connectivity index (χ1n) is 8.79. The van der Waals surface area contributed by atoms with E-state index in [1.54, 1.807) is 0 Å². The van der Waals surface area contributed by atoms with Crippen LogP contribution in [-0.2, 0) is 44.6 Å². The number of ether oxygens (including phenoxy) is 4. The van der Waals surface area contributed by atoms with Gasteiger partial charge in [-0.05, 0) is 16.7 Å². The topological polar surface area (TPSA) is 96.4 Å². The van der Waals surface area contributed by atoms with E-state index in [2.05, 4.69) is 0 Å². The summed E-state index contributed by atoms with van der Waals surface area (Å²) >= 11 is 0. The van der Waals surface area contributed by atoms with Crippen LogP contribution in [0, 0.1) is 0 Å². The molecular formula is C18H23NO5. The molecule has 0 aliphatic carbocycles. The summed E-state index contributed by atoms with van der Waals surface area (Å²) in [4.78, 5) is 0. The molecule has 1 aromatic carbocycles. The molecule has 5 rings (SSSR count). The normalized spacial score (nSPS) is 32.7. The summed E-state index contributed by atoms with van der Waals surface area (Å²) in [5.74, 6) is 0.234. The first-order valence-corrected chi connectivity index (χ1v) is 8.79. The molecule has 0 bridgehead atoms. The number of anilines is 1. The third-order valence-corrected chi connectivity index (χ3v) is 5.30. The number of hydrogen-bond acceptors (Lipinski definition) is 6. The lowest BCUT2D eigenvalue weighted by Crippen LogP contribution is -2.15. The van der Waals surface area contributed by atoms with Crippen molar-refractivity contribution in [2.24, 2.45) is 0 Å². The summed E-state index contributed by atoms with van der Waals surface area (Å²) in [5, 5.41) is 10.8. The molecular weight excluding hydrogens is 310 g/mol. The molecule has 0 amide bonds. The minimum atomic E-state index is 0.205. The molecule has 0 aromatic heterocycles. The second kappa shape index (κ2) is 5.59. The number of epoxide rings is 4. The quantitative estimate of drug-likeness (QED) is 0.414. The Labute approximate surface area is 140 Å². The Kier molecular flexibility index (Phi) is 3.49. The number of nitrogens with two attached hydrogens (primary N) is 1. The molecule has 4 fully saturated rings. The number of rotatable bonds is 8. The maximum absolute atomic E-state index is 10.8. The summed E-state index contributed by atoms with van der Waals surface area (Å²) in [5.41, 5.74) is 11.3. The standard InChI is InChI=1S/C18H23NO5/c19-17-15(3-11-7-23-11)13(1-9-5-21-9)14(2-10-6-22-10)16(18(17)20)4-12-8-24-12/h9-12,20H,1-8,19H2. The van der Waals surface area contributed by atoms with E-state index in [1.807, 2.05) is 0 Å². The number of benzene rings is 1. The summed E-state index contributed by atoms with van der Waals surface area (Å²) in [6.45, 7) is 3.14. The van der Waals surface area contributed by atoms with Crippen LogP contribution in [0.25, 0.3) is 0 Å². The lowest BCUT2D eigenvalue weighted by molar-refractivity contribution is 0.391. The molecule has 4 heterocycles. The highest BCUT2D eigenvalue weighted by atomic mass is 16.6. The smallest absolute Gasteiger partial charge is 0.142 e. The van der Waals surface area contributed by atoms with Gasteiger partial charge < -0.3 is 29.8 Å². The van der Waals surface area contributed by atoms with Crippen molar-refractivity contribution in [3.63, 3.8) is 0 Å². The Morgan fingerprint density at radius 3 is 1.42 bits per heavy atom. The van der Waals surface area contributed by atoms with Crippen molar-refractivity contribution >= 4 is 5.69 Å². The van der Waals surface area contributed by atoms with Crippen LogP contribution in [0.4, 0.5) is 5.69 Å². The number of phenols is 1. The SMILES string of the molecule is Nc1c(O)c(CC2CO2)c(CC2CO2)c(CC2CO2)c1CC1CO1. The van der Waals surface area contributed by atoms with E-state index < -0.39 is 0 Å². The third-order valence-electron chi connectivity index (χ3n) is 5.30. The zero-order chi connectivity index (χ0) is 16.3. The van der Waals surface area contributed by atoms with Crippen LogP contribution < -0.4 is 5.73 Å². The van der Waals surface area contributed by atoms with Crippen LogP contribution in [0.3, 0.4) is 0 Å². The number of phenolic OH excluding ortho intramolecular Hbond substituents is 1. The molecule has 1 aromatic rings. The molecule has 0 radical (unpaired) electrons. The van der Waals surface area contributed by atoms with Crippen molar-refractivity contribution < 1.29 is 24.1 Å². The Hall–Kier alpha value is -1.34. The molecule has 4 unspecified atom stereocenters. The van der Waals surface area contributed by atoms with Gasteiger partial charge in [-0.3, -0.25) is 0 Å². The molecule has 4 saturated heterocycles. The Balaban J connectivity index is 1.59. The lowest BCUT2D eigenvalue weighted by Gasteiger charge is -2.22. The molecule has 0 saturated carbocycles. The average Bonchev–Trinajstić information content (AvgIpc) is 3.42. The van der Waals surface area contributed by atoms with E-state index in [-0.39, 0.29) is 30.2 Å². The first-order chi connectivity index (χ1) is 11.7. The fraction of sp³-hybridized carbons (Fsp3) is 0.667. The summed E-state index contributed by atoms with van der Waals surface area (Å²) in [6.07, 6.45) is 4.14. The Morgan fingerprint density at radius 1 is 0.667 bits per heavy atom. The maximum atomic E-state index is 10.8. The fourth-order valence-corrected chi connectivity index (χ4v) is 3.58. The van der Waals surface area contributed by atoms with Crippen LogP contribution >= 0.6 is 0 Å². The highest BCUT2D eigenvalue weighted by molar-refractivity contribution is 5.68. The van der Waals surface area contributed by atoms with E-state index in [0.717, 1.165) is 63.2 Å². The van der Waals surface area contributed by atoms with Crippen molar-refractivity contribution in [3.05, 3.63) is 22.3 Å². The monoisotopic (exact) mass is 333 g/mol. The van der Waals surface area contributed by atoms with Gasteiger partial charge in [0, 0.05) is 31.2 Å². The molecule has 130 valence electrons. The first kappa shape index (κ1) is 15.0. The molecule has 4 aliphatic heterocycles. The largest absolute Gasteiger partial charge is 0.505 e. The zero-order valence-electron chi connectivity index (χ0n) is 13.6. The summed E-state index contributed by atoms with van der Waals surface area (Å²) in [7, 11) is 0. The second-order valence-corrected chi connectivity index (χ2v) is 7.31. The molecule has 4 aliphatic rings. The van der Waals surface area contributed by atoms with E-state index >= 15 is 0 Å². The van der Waals surface area contributed by atoms with Gasteiger partial charge in [0.1, 0.15) is 5.75 Å². The van der Waals surface area contributed by atoms with Crippen LogP contribution in [-0.4, -0.2) is 55.9 Å². The van der Waals surface area contributed by atoms with Crippen molar-refractivity contribution in [3.8, 4) is 5.75 Å².